The van der Waals surface area contributed by atoms with Gasteiger partial charge in [0.15, 0.2) is 0 Å². The average Bonchev–Trinajstić information content (AvgIpc) is 2.72. The Bertz CT molecular complexity index is 404. The van der Waals surface area contributed by atoms with Gasteiger partial charge in [-0.2, -0.15) is 0 Å². The fraction of sp³-hybridized carbons (Fsp3) is 0.583. The molecule has 1 amide bonds. The van der Waals surface area contributed by atoms with Crippen LogP contribution in [0.25, 0.3) is 0 Å². The monoisotopic (exact) mass is 253 g/mol. The van der Waals surface area contributed by atoms with Gasteiger partial charge in [0.2, 0.25) is 0 Å². The van der Waals surface area contributed by atoms with Crippen LogP contribution in [-0.4, -0.2) is 22.0 Å². The van der Waals surface area contributed by atoms with Crippen LogP contribution in [0.1, 0.15) is 49.5 Å². The Morgan fingerprint density at radius 3 is 2.76 bits per heavy atom. The zero-order valence-electron chi connectivity index (χ0n) is 10.8. The zero-order valence-corrected chi connectivity index (χ0v) is 11.6. The number of hydrogen-bond donors (Lipinski definition) is 1. The van der Waals surface area contributed by atoms with E-state index >= 15 is 0 Å². The van der Waals surface area contributed by atoms with Crippen molar-refractivity contribution in [1.82, 2.24) is 14.9 Å². The van der Waals surface area contributed by atoms with E-state index in [-0.39, 0.29) is 11.3 Å². The van der Waals surface area contributed by atoms with Crippen molar-refractivity contribution >= 4 is 17.4 Å². The van der Waals surface area contributed by atoms with Crippen LogP contribution >= 0.6 is 11.5 Å². The third-order valence-electron chi connectivity index (χ3n) is 2.24. The molecule has 1 aromatic heterocycles. The maximum Gasteiger partial charge on any atom is 0.264 e. The maximum atomic E-state index is 11.9. The van der Waals surface area contributed by atoms with Crippen molar-refractivity contribution in [1.29, 1.82) is 0 Å². The number of amides is 1. The fourth-order valence-corrected chi connectivity index (χ4v) is 2.14. The molecule has 17 heavy (non-hydrogen) atoms. The van der Waals surface area contributed by atoms with Gasteiger partial charge in [-0.1, -0.05) is 37.4 Å². The van der Waals surface area contributed by atoms with E-state index in [2.05, 4.69) is 14.9 Å². The Kier molecular flexibility index (Phi) is 4.81. The summed E-state index contributed by atoms with van der Waals surface area (Å²) in [5.74, 6) is -0.0746. The van der Waals surface area contributed by atoms with E-state index < -0.39 is 0 Å². The van der Waals surface area contributed by atoms with E-state index in [4.69, 9.17) is 0 Å². The standard InChI is InChI=1S/C12H19N3OS/c1-5-6-7-8-13-11(16)9-10(12(2,3)4)14-15-17-9/h5-6H,7-8H2,1-4H3,(H,13,16)/b6-5+. The molecule has 5 heteroatoms. The summed E-state index contributed by atoms with van der Waals surface area (Å²) in [7, 11) is 0. The quantitative estimate of drug-likeness (QED) is 0.662. The van der Waals surface area contributed by atoms with Gasteiger partial charge < -0.3 is 5.32 Å². The zero-order chi connectivity index (χ0) is 12.9. The number of hydrogen-bond acceptors (Lipinski definition) is 4. The molecule has 0 fully saturated rings. The average molecular weight is 253 g/mol. The summed E-state index contributed by atoms with van der Waals surface area (Å²) < 4.78 is 3.87. The van der Waals surface area contributed by atoms with E-state index in [0.717, 1.165) is 23.6 Å². The Labute approximate surface area is 106 Å². The van der Waals surface area contributed by atoms with Gasteiger partial charge in [-0.05, 0) is 24.9 Å². The largest absolute Gasteiger partial charge is 0.351 e. The molecular weight excluding hydrogens is 234 g/mol. The number of nitrogens with zero attached hydrogens (tertiary/aromatic N) is 2. The normalized spacial score (nSPS) is 12.0. The van der Waals surface area contributed by atoms with E-state index in [1.54, 1.807) is 0 Å². The van der Waals surface area contributed by atoms with Crippen molar-refractivity contribution < 1.29 is 4.79 Å². The second-order valence-corrected chi connectivity index (χ2v) is 5.57. The van der Waals surface area contributed by atoms with Gasteiger partial charge >= 0.3 is 0 Å². The fourth-order valence-electron chi connectivity index (χ4n) is 1.35. The predicted octanol–water partition coefficient (Wildman–Crippen LogP) is 2.53. The minimum Gasteiger partial charge on any atom is -0.351 e. The van der Waals surface area contributed by atoms with Crippen LogP contribution in [0.15, 0.2) is 12.2 Å². The van der Waals surface area contributed by atoms with Gasteiger partial charge in [0.25, 0.3) is 5.91 Å². The maximum absolute atomic E-state index is 11.9. The van der Waals surface area contributed by atoms with E-state index in [1.807, 2.05) is 39.8 Å². The number of allylic oxidation sites excluding steroid dienone is 1. The van der Waals surface area contributed by atoms with Crippen LogP contribution in [0.5, 0.6) is 0 Å². The predicted molar refractivity (Wildman–Crippen MR) is 70.4 cm³/mol. The first-order chi connectivity index (χ1) is 7.96. The molecule has 94 valence electrons. The SMILES string of the molecule is C/C=C/CCNC(=O)c1snnc1C(C)(C)C. The van der Waals surface area contributed by atoms with Crippen molar-refractivity contribution in [2.24, 2.45) is 0 Å². The van der Waals surface area contributed by atoms with E-state index in [1.165, 1.54) is 0 Å². The number of rotatable bonds is 4. The summed E-state index contributed by atoms with van der Waals surface area (Å²) in [5.41, 5.74) is 0.620. The summed E-state index contributed by atoms with van der Waals surface area (Å²) >= 11 is 1.16. The van der Waals surface area contributed by atoms with E-state index in [0.29, 0.717) is 11.4 Å². The molecule has 0 aliphatic rings. The molecule has 0 aliphatic heterocycles. The number of nitrogens with one attached hydrogen (secondary N) is 1. The van der Waals surface area contributed by atoms with Crippen molar-refractivity contribution in [2.75, 3.05) is 6.54 Å². The summed E-state index contributed by atoms with van der Waals surface area (Å²) in [6.07, 6.45) is 4.84. The Morgan fingerprint density at radius 1 is 1.47 bits per heavy atom. The molecule has 0 atom stereocenters. The third-order valence-corrected chi connectivity index (χ3v) is 2.96. The van der Waals surface area contributed by atoms with Crippen molar-refractivity contribution in [3.05, 3.63) is 22.7 Å². The second kappa shape index (κ2) is 5.91. The van der Waals surface area contributed by atoms with Gasteiger partial charge in [-0.25, -0.2) is 0 Å². The first-order valence-electron chi connectivity index (χ1n) is 5.69. The number of carbonyl (C=O) groups excluding carboxylic acids is 1. The molecule has 0 bridgehead atoms. The topological polar surface area (TPSA) is 54.9 Å². The van der Waals surface area contributed by atoms with Gasteiger partial charge in [0.05, 0.1) is 5.69 Å². The highest BCUT2D eigenvalue weighted by molar-refractivity contribution is 7.08. The first-order valence-corrected chi connectivity index (χ1v) is 6.46. The minimum atomic E-state index is -0.150. The number of aromatic nitrogens is 2. The van der Waals surface area contributed by atoms with Crippen LogP contribution in [0, 0.1) is 0 Å². The lowest BCUT2D eigenvalue weighted by molar-refractivity contribution is 0.0956. The van der Waals surface area contributed by atoms with Gasteiger partial charge in [-0.3, -0.25) is 4.79 Å². The van der Waals surface area contributed by atoms with Gasteiger partial charge in [-0.15, -0.1) is 5.10 Å². The molecule has 1 aromatic rings. The summed E-state index contributed by atoms with van der Waals surface area (Å²) in [6.45, 7) is 8.69. The Morgan fingerprint density at radius 2 is 2.18 bits per heavy atom. The summed E-state index contributed by atoms with van der Waals surface area (Å²) in [4.78, 5) is 12.6. The van der Waals surface area contributed by atoms with Crippen molar-refractivity contribution in [3.63, 3.8) is 0 Å². The Hall–Kier alpha value is -1.23. The molecule has 0 saturated carbocycles. The highest BCUT2D eigenvalue weighted by atomic mass is 32.1. The highest BCUT2D eigenvalue weighted by Gasteiger charge is 2.25. The molecule has 0 radical (unpaired) electrons. The smallest absolute Gasteiger partial charge is 0.264 e. The molecular formula is C12H19N3OS. The van der Waals surface area contributed by atoms with Crippen LogP contribution in [0.2, 0.25) is 0 Å². The molecule has 4 nitrogen and oxygen atoms in total. The molecule has 0 unspecified atom stereocenters. The first kappa shape index (κ1) is 13.8. The molecule has 0 spiro atoms. The molecule has 0 aromatic carbocycles. The Balaban J connectivity index is 2.67. The van der Waals surface area contributed by atoms with Crippen LogP contribution in [-0.2, 0) is 5.41 Å². The third kappa shape index (κ3) is 3.93. The molecule has 1 N–H and O–H groups in total. The van der Waals surface area contributed by atoms with Crippen LogP contribution in [0.3, 0.4) is 0 Å². The highest BCUT2D eigenvalue weighted by Crippen LogP contribution is 2.25. The summed E-state index contributed by atoms with van der Waals surface area (Å²) in [5, 5.41) is 6.92. The molecule has 0 aliphatic carbocycles. The lowest BCUT2D eigenvalue weighted by Crippen LogP contribution is -2.26. The molecule has 1 rings (SSSR count). The molecule has 0 saturated heterocycles. The van der Waals surface area contributed by atoms with E-state index in [9.17, 15) is 4.79 Å². The second-order valence-electron chi connectivity index (χ2n) is 4.81. The lowest BCUT2D eigenvalue weighted by atomic mass is 9.91. The van der Waals surface area contributed by atoms with Crippen molar-refractivity contribution in [3.8, 4) is 0 Å². The molecule has 1 heterocycles. The van der Waals surface area contributed by atoms with Gasteiger partial charge in [0, 0.05) is 12.0 Å². The lowest BCUT2D eigenvalue weighted by Gasteiger charge is -2.16. The number of carbonyl (C=O) groups is 1. The minimum absolute atomic E-state index is 0.0746. The van der Waals surface area contributed by atoms with Crippen LogP contribution < -0.4 is 5.32 Å². The summed E-state index contributed by atoms with van der Waals surface area (Å²) in [6, 6.07) is 0. The van der Waals surface area contributed by atoms with Gasteiger partial charge in [0.1, 0.15) is 4.88 Å². The van der Waals surface area contributed by atoms with Crippen LogP contribution in [0.4, 0.5) is 0 Å². The van der Waals surface area contributed by atoms with Crippen molar-refractivity contribution in [2.45, 2.75) is 39.5 Å².